The Hall–Kier alpha value is 0. The first-order valence-electron chi connectivity index (χ1n) is 11.3. The molecule has 0 nitrogen and oxygen atoms in total. The molecule has 0 radical (unpaired) electrons. The van der Waals surface area contributed by atoms with Crippen LogP contribution in [0.15, 0.2) is 0 Å². The van der Waals surface area contributed by atoms with E-state index in [0.717, 1.165) is 5.92 Å². The summed E-state index contributed by atoms with van der Waals surface area (Å²) in [5.74, 6) is 0.972. The Labute approximate surface area is 149 Å². The van der Waals surface area contributed by atoms with Gasteiger partial charge in [-0.15, -0.1) is 0 Å². The van der Waals surface area contributed by atoms with Gasteiger partial charge in [-0.3, -0.25) is 0 Å². The summed E-state index contributed by atoms with van der Waals surface area (Å²) < 4.78 is 0. The third-order valence-corrected chi connectivity index (χ3v) is 5.35. The van der Waals surface area contributed by atoms with Crippen LogP contribution in [0.25, 0.3) is 0 Å². The molecule has 0 aliphatic rings. The maximum atomic E-state index is 2.46. The largest absolute Gasteiger partial charge is 0.0654 e. The third-order valence-electron chi connectivity index (χ3n) is 5.35. The van der Waals surface area contributed by atoms with Gasteiger partial charge >= 0.3 is 0 Å². The van der Waals surface area contributed by atoms with E-state index in [1.54, 1.807) is 0 Å². The van der Waals surface area contributed by atoms with Crippen molar-refractivity contribution in [3.8, 4) is 0 Å². The van der Waals surface area contributed by atoms with Crippen LogP contribution >= 0.6 is 0 Å². The molecule has 0 aromatic heterocycles. The fourth-order valence-electron chi connectivity index (χ4n) is 3.57. The van der Waals surface area contributed by atoms with Crippen LogP contribution in [0, 0.1) is 5.92 Å². The third kappa shape index (κ3) is 20.0. The molecule has 0 saturated carbocycles. The summed E-state index contributed by atoms with van der Waals surface area (Å²) in [4.78, 5) is 0. The zero-order chi connectivity index (χ0) is 17.0. The number of hydrogen-bond donors (Lipinski definition) is 0. The second-order valence-electron chi connectivity index (χ2n) is 7.99. The lowest BCUT2D eigenvalue weighted by atomic mass is 9.96. The van der Waals surface area contributed by atoms with Crippen molar-refractivity contribution < 1.29 is 0 Å². The molecule has 0 aliphatic carbocycles. The van der Waals surface area contributed by atoms with E-state index in [0.29, 0.717) is 0 Å². The molecule has 0 heteroatoms. The van der Waals surface area contributed by atoms with Crippen LogP contribution in [0.3, 0.4) is 0 Å². The van der Waals surface area contributed by atoms with Crippen molar-refractivity contribution in [1.82, 2.24) is 0 Å². The summed E-state index contributed by atoms with van der Waals surface area (Å²) in [5, 5.41) is 0. The van der Waals surface area contributed by atoms with Crippen molar-refractivity contribution in [3.05, 3.63) is 0 Å². The van der Waals surface area contributed by atoms with Crippen molar-refractivity contribution in [3.63, 3.8) is 0 Å². The van der Waals surface area contributed by atoms with Gasteiger partial charge in [0.05, 0.1) is 0 Å². The van der Waals surface area contributed by atoms with Crippen LogP contribution < -0.4 is 0 Å². The van der Waals surface area contributed by atoms with E-state index >= 15 is 0 Å². The normalized spacial score (nSPS) is 12.7. The highest BCUT2D eigenvalue weighted by Gasteiger charge is 2.01. The van der Waals surface area contributed by atoms with E-state index in [9.17, 15) is 0 Å². The zero-order valence-electron chi connectivity index (χ0n) is 17.0. The summed E-state index contributed by atoms with van der Waals surface area (Å²) >= 11 is 0. The minimum absolute atomic E-state index is 0.972. The van der Waals surface area contributed by atoms with E-state index in [-0.39, 0.29) is 0 Å². The predicted molar refractivity (Wildman–Crippen MR) is 108 cm³/mol. The Morgan fingerprint density at radius 1 is 0.391 bits per heavy atom. The molecule has 0 aromatic carbocycles. The molecule has 0 saturated heterocycles. The van der Waals surface area contributed by atoms with Gasteiger partial charge in [-0.2, -0.15) is 0 Å². The standard InChI is InChI=1S/C23H48/c1-4-6-8-10-11-12-13-14-15-16-17-18-20-22-23(3)21-19-9-7-5-2/h23H,4-22H2,1-3H3/t23-/m0/s1. The molecule has 0 spiro atoms. The van der Waals surface area contributed by atoms with E-state index in [4.69, 9.17) is 0 Å². The monoisotopic (exact) mass is 324 g/mol. The second-order valence-corrected chi connectivity index (χ2v) is 7.99. The minimum atomic E-state index is 0.972. The average Bonchev–Trinajstić information content (AvgIpc) is 2.56. The molecule has 23 heavy (non-hydrogen) atoms. The Kier molecular flexibility index (Phi) is 20.0. The van der Waals surface area contributed by atoms with Gasteiger partial charge < -0.3 is 0 Å². The van der Waals surface area contributed by atoms with Crippen molar-refractivity contribution in [2.45, 2.75) is 143 Å². The van der Waals surface area contributed by atoms with Crippen molar-refractivity contribution in [2.24, 2.45) is 5.92 Å². The molecule has 0 bridgehead atoms. The molecular formula is C23H48. The highest BCUT2D eigenvalue weighted by Crippen LogP contribution is 2.18. The first kappa shape index (κ1) is 23.0. The van der Waals surface area contributed by atoms with Gasteiger partial charge in [-0.1, -0.05) is 143 Å². The van der Waals surface area contributed by atoms with Crippen LogP contribution in [0.4, 0.5) is 0 Å². The summed E-state index contributed by atoms with van der Waals surface area (Å²) in [5.41, 5.74) is 0. The lowest BCUT2D eigenvalue weighted by Crippen LogP contribution is -1.95. The Bertz CT molecular complexity index is 196. The maximum absolute atomic E-state index is 2.46. The van der Waals surface area contributed by atoms with Crippen molar-refractivity contribution in [1.29, 1.82) is 0 Å². The Morgan fingerprint density at radius 2 is 0.652 bits per heavy atom. The molecule has 0 N–H and O–H groups in total. The topological polar surface area (TPSA) is 0 Å². The maximum Gasteiger partial charge on any atom is -0.0443 e. The van der Waals surface area contributed by atoms with Gasteiger partial charge in [0.1, 0.15) is 0 Å². The van der Waals surface area contributed by atoms with Gasteiger partial charge in [0.2, 0.25) is 0 Å². The number of rotatable bonds is 19. The highest BCUT2D eigenvalue weighted by molar-refractivity contribution is 4.55. The van der Waals surface area contributed by atoms with Gasteiger partial charge in [-0.05, 0) is 5.92 Å². The lowest BCUT2D eigenvalue weighted by molar-refractivity contribution is 0.433. The first-order valence-corrected chi connectivity index (χ1v) is 11.3. The van der Waals surface area contributed by atoms with Gasteiger partial charge in [0.25, 0.3) is 0 Å². The van der Waals surface area contributed by atoms with Crippen LogP contribution in [-0.2, 0) is 0 Å². The van der Waals surface area contributed by atoms with Crippen molar-refractivity contribution in [2.75, 3.05) is 0 Å². The SMILES string of the molecule is CCCCCCCCCCCCCCC[C@@H](C)CCCCCC. The second kappa shape index (κ2) is 20.0. The molecule has 0 fully saturated rings. The smallest absolute Gasteiger partial charge is 0.0443 e. The van der Waals surface area contributed by atoms with Crippen LogP contribution in [0.1, 0.15) is 143 Å². The quantitative estimate of drug-likeness (QED) is 0.208. The summed E-state index contributed by atoms with van der Waals surface area (Å²) in [7, 11) is 0. The molecule has 0 amide bonds. The molecule has 0 unspecified atom stereocenters. The molecule has 0 heterocycles. The fourth-order valence-corrected chi connectivity index (χ4v) is 3.57. The fraction of sp³-hybridized carbons (Fsp3) is 1.00. The lowest BCUT2D eigenvalue weighted by Gasteiger charge is -2.10. The zero-order valence-corrected chi connectivity index (χ0v) is 17.0. The predicted octanol–water partition coefficient (Wildman–Crippen LogP) is 9.07. The number of hydrogen-bond acceptors (Lipinski definition) is 0. The molecule has 140 valence electrons. The van der Waals surface area contributed by atoms with Gasteiger partial charge in [-0.25, -0.2) is 0 Å². The minimum Gasteiger partial charge on any atom is -0.0654 e. The molecule has 0 aliphatic heterocycles. The average molecular weight is 325 g/mol. The van der Waals surface area contributed by atoms with Gasteiger partial charge in [0.15, 0.2) is 0 Å². The van der Waals surface area contributed by atoms with E-state index in [2.05, 4.69) is 20.8 Å². The molecule has 1 atom stereocenters. The van der Waals surface area contributed by atoms with Crippen LogP contribution in [0.2, 0.25) is 0 Å². The molecule has 0 rings (SSSR count). The van der Waals surface area contributed by atoms with Crippen molar-refractivity contribution >= 4 is 0 Å². The number of unbranched alkanes of at least 4 members (excludes halogenated alkanes) is 15. The summed E-state index contributed by atoms with van der Waals surface area (Å²) in [6, 6.07) is 0. The van der Waals surface area contributed by atoms with Crippen LogP contribution in [-0.4, -0.2) is 0 Å². The van der Waals surface area contributed by atoms with E-state index < -0.39 is 0 Å². The first-order chi connectivity index (χ1) is 11.3. The summed E-state index contributed by atoms with van der Waals surface area (Å²) in [6.45, 7) is 7.07. The van der Waals surface area contributed by atoms with Crippen LogP contribution in [0.5, 0.6) is 0 Å². The Morgan fingerprint density at radius 3 is 1.00 bits per heavy atom. The van der Waals surface area contributed by atoms with E-state index in [1.165, 1.54) is 122 Å². The molecular weight excluding hydrogens is 276 g/mol. The summed E-state index contributed by atoms with van der Waals surface area (Å²) in [6.07, 6.45) is 27.8. The molecule has 0 aromatic rings. The van der Waals surface area contributed by atoms with Gasteiger partial charge in [0, 0.05) is 0 Å². The van der Waals surface area contributed by atoms with E-state index in [1.807, 2.05) is 0 Å². The Balaban J connectivity index is 3.07. The highest BCUT2D eigenvalue weighted by atomic mass is 14.1.